The molecule has 0 aromatic carbocycles. The summed E-state index contributed by atoms with van der Waals surface area (Å²) in [5.41, 5.74) is 0. The van der Waals surface area contributed by atoms with Gasteiger partial charge in [0.1, 0.15) is 6.04 Å². The van der Waals surface area contributed by atoms with Gasteiger partial charge in [0.05, 0.1) is 5.92 Å². The van der Waals surface area contributed by atoms with Gasteiger partial charge in [-0.2, -0.15) is 0 Å². The predicted octanol–water partition coefficient (Wildman–Crippen LogP) is 1.21. The summed E-state index contributed by atoms with van der Waals surface area (Å²) in [4.78, 5) is 33.4. The topological polar surface area (TPSA) is 95.5 Å². The molecular weight excluding hydrogens is 268 g/mol. The summed E-state index contributed by atoms with van der Waals surface area (Å²) in [6.07, 6.45) is 2.09. The summed E-state index contributed by atoms with van der Waals surface area (Å²) in [6.45, 7) is 3.56. The maximum atomic E-state index is 11.8. The molecule has 108 valence electrons. The van der Waals surface area contributed by atoms with Crippen molar-refractivity contribution < 1.29 is 19.5 Å². The molecule has 3 N–H and O–H groups in total. The third kappa shape index (κ3) is 5.50. The van der Waals surface area contributed by atoms with Crippen LogP contribution in [0, 0.1) is 5.92 Å². The van der Waals surface area contributed by atoms with Crippen LogP contribution in [0.25, 0.3) is 0 Å². The molecule has 0 radical (unpaired) electrons. The number of aliphatic carboxylic acids is 1. The van der Waals surface area contributed by atoms with E-state index in [1.165, 1.54) is 0 Å². The minimum absolute atomic E-state index is 0.0176. The molecule has 0 bridgehead atoms. The van der Waals surface area contributed by atoms with Gasteiger partial charge < -0.3 is 15.7 Å². The molecule has 3 unspecified atom stereocenters. The van der Waals surface area contributed by atoms with Crippen LogP contribution in [0.15, 0.2) is 0 Å². The van der Waals surface area contributed by atoms with Gasteiger partial charge in [-0.3, -0.25) is 14.4 Å². The van der Waals surface area contributed by atoms with Gasteiger partial charge in [-0.05, 0) is 19.8 Å². The molecule has 0 aromatic rings. The van der Waals surface area contributed by atoms with Crippen LogP contribution in [0.2, 0.25) is 0 Å². The van der Waals surface area contributed by atoms with Gasteiger partial charge in [0.2, 0.25) is 5.91 Å². The first-order valence-corrected chi connectivity index (χ1v) is 7.35. The predicted molar refractivity (Wildman–Crippen MR) is 73.0 cm³/mol. The smallest absolute Gasteiger partial charge is 0.306 e. The van der Waals surface area contributed by atoms with Crippen LogP contribution in [-0.4, -0.2) is 40.1 Å². The Morgan fingerprint density at radius 2 is 2.16 bits per heavy atom. The van der Waals surface area contributed by atoms with Crippen LogP contribution in [0.4, 0.5) is 4.79 Å². The Morgan fingerprint density at radius 3 is 2.68 bits per heavy atom. The van der Waals surface area contributed by atoms with E-state index in [-0.39, 0.29) is 23.1 Å². The zero-order chi connectivity index (χ0) is 14.4. The lowest BCUT2D eigenvalue weighted by atomic mass is 10.0. The molecule has 0 aromatic heterocycles. The zero-order valence-corrected chi connectivity index (χ0v) is 12.0. The highest BCUT2D eigenvalue weighted by atomic mass is 32.2. The first kappa shape index (κ1) is 15.8. The van der Waals surface area contributed by atoms with Crippen LogP contribution in [0.1, 0.15) is 33.1 Å². The number of carboxylic acid groups (broad SMARTS) is 1. The van der Waals surface area contributed by atoms with E-state index in [1.807, 2.05) is 6.92 Å². The average Bonchev–Trinajstić information content (AvgIpc) is 2.75. The number of carboxylic acids is 1. The van der Waals surface area contributed by atoms with Gasteiger partial charge in [-0.25, -0.2) is 0 Å². The van der Waals surface area contributed by atoms with Crippen LogP contribution in [-0.2, 0) is 9.59 Å². The van der Waals surface area contributed by atoms with Crippen molar-refractivity contribution in [1.82, 2.24) is 10.6 Å². The Kier molecular flexibility index (Phi) is 6.14. The van der Waals surface area contributed by atoms with Gasteiger partial charge in [-0.1, -0.05) is 25.1 Å². The van der Waals surface area contributed by atoms with E-state index in [0.717, 1.165) is 24.6 Å². The van der Waals surface area contributed by atoms with E-state index in [1.54, 1.807) is 6.92 Å². The Labute approximate surface area is 116 Å². The second kappa shape index (κ2) is 7.37. The third-order valence-corrected chi connectivity index (χ3v) is 3.95. The minimum Gasteiger partial charge on any atom is -0.481 e. The van der Waals surface area contributed by atoms with Crippen molar-refractivity contribution in [3.8, 4) is 0 Å². The number of thioether (sulfide) groups is 1. The Hall–Kier alpha value is -1.24. The zero-order valence-electron chi connectivity index (χ0n) is 11.1. The normalized spacial score (nSPS) is 21.6. The van der Waals surface area contributed by atoms with Crippen LogP contribution >= 0.6 is 11.8 Å². The fourth-order valence-electron chi connectivity index (χ4n) is 1.80. The van der Waals surface area contributed by atoms with Crippen LogP contribution in [0.5, 0.6) is 0 Å². The van der Waals surface area contributed by atoms with E-state index < -0.39 is 12.0 Å². The molecule has 1 aliphatic heterocycles. The highest BCUT2D eigenvalue weighted by Crippen LogP contribution is 2.14. The molecule has 2 amide bonds. The molecule has 1 saturated heterocycles. The molecule has 19 heavy (non-hydrogen) atoms. The monoisotopic (exact) mass is 288 g/mol. The maximum absolute atomic E-state index is 11.8. The van der Waals surface area contributed by atoms with Gasteiger partial charge in [-0.15, -0.1) is 0 Å². The number of carbonyl (C=O) groups is 3. The summed E-state index contributed by atoms with van der Waals surface area (Å²) < 4.78 is 0. The van der Waals surface area contributed by atoms with Gasteiger partial charge in [0, 0.05) is 11.8 Å². The van der Waals surface area contributed by atoms with Gasteiger partial charge in [0.25, 0.3) is 5.24 Å². The lowest BCUT2D eigenvalue weighted by molar-refractivity contribution is -0.141. The van der Waals surface area contributed by atoms with E-state index in [0.29, 0.717) is 12.2 Å². The van der Waals surface area contributed by atoms with Crippen LogP contribution < -0.4 is 10.6 Å². The summed E-state index contributed by atoms with van der Waals surface area (Å²) in [6, 6.07) is -0.464. The molecule has 7 heteroatoms. The van der Waals surface area contributed by atoms with E-state index >= 15 is 0 Å². The number of hydrogen-bond donors (Lipinski definition) is 3. The fraction of sp³-hybridized carbons (Fsp3) is 0.750. The molecular formula is C12H20N2O4S. The van der Waals surface area contributed by atoms with Crippen molar-refractivity contribution in [2.24, 2.45) is 5.92 Å². The highest BCUT2D eigenvalue weighted by Gasteiger charge is 2.28. The van der Waals surface area contributed by atoms with Crippen molar-refractivity contribution in [3.05, 3.63) is 0 Å². The molecule has 6 nitrogen and oxygen atoms in total. The van der Waals surface area contributed by atoms with Crippen LogP contribution in [0.3, 0.4) is 0 Å². The Morgan fingerprint density at radius 1 is 1.47 bits per heavy atom. The number of rotatable bonds is 7. The molecule has 1 heterocycles. The summed E-state index contributed by atoms with van der Waals surface area (Å²) in [5, 5.41) is 14.0. The number of amides is 2. The Bertz CT molecular complexity index is 362. The molecule has 1 aliphatic rings. The van der Waals surface area contributed by atoms with E-state index in [4.69, 9.17) is 5.11 Å². The van der Waals surface area contributed by atoms with Crippen molar-refractivity contribution in [2.45, 2.75) is 45.2 Å². The second-order valence-corrected chi connectivity index (χ2v) is 5.87. The van der Waals surface area contributed by atoms with Gasteiger partial charge in [0.15, 0.2) is 0 Å². The summed E-state index contributed by atoms with van der Waals surface area (Å²) >= 11 is 1.11. The Balaban J connectivity index is 2.20. The lowest BCUT2D eigenvalue weighted by Gasteiger charge is -2.17. The SMILES string of the molecule is CC(CCCC(C)C(=O)O)NC(=O)C1CSC(=O)N1. The second-order valence-electron chi connectivity index (χ2n) is 4.88. The van der Waals surface area contributed by atoms with Crippen molar-refractivity contribution >= 4 is 28.9 Å². The quantitative estimate of drug-likeness (QED) is 0.654. The molecule has 0 spiro atoms. The maximum Gasteiger partial charge on any atom is 0.306 e. The third-order valence-electron chi connectivity index (χ3n) is 3.07. The summed E-state index contributed by atoms with van der Waals surface area (Å²) in [5.74, 6) is -0.846. The van der Waals surface area contributed by atoms with Crippen molar-refractivity contribution in [3.63, 3.8) is 0 Å². The van der Waals surface area contributed by atoms with E-state index in [9.17, 15) is 14.4 Å². The molecule has 1 rings (SSSR count). The van der Waals surface area contributed by atoms with Gasteiger partial charge >= 0.3 is 5.97 Å². The number of hydrogen-bond acceptors (Lipinski definition) is 4. The first-order valence-electron chi connectivity index (χ1n) is 6.36. The summed E-state index contributed by atoms with van der Waals surface area (Å²) in [7, 11) is 0. The minimum atomic E-state index is -0.789. The standard InChI is InChI=1S/C12H20N2O4S/c1-7(11(16)17)4-3-5-8(2)13-10(15)9-6-19-12(18)14-9/h7-9H,3-6H2,1-2H3,(H,13,15)(H,14,18)(H,16,17). The first-order chi connectivity index (χ1) is 8.90. The highest BCUT2D eigenvalue weighted by molar-refractivity contribution is 8.14. The lowest BCUT2D eigenvalue weighted by Crippen LogP contribution is -2.46. The average molecular weight is 288 g/mol. The fourth-order valence-corrected chi connectivity index (χ4v) is 2.57. The molecule has 3 atom stereocenters. The molecule has 0 saturated carbocycles. The number of nitrogens with one attached hydrogen (secondary N) is 2. The molecule has 1 fully saturated rings. The van der Waals surface area contributed by atoms with Crippen molar-refractivity contribution in [2.75, 3.05) is 5.75 Å². The van der Waals surface area contributed by atoms with E-state index in [2.05, 4.69) is 10.6 Å². The largest absolute Gasteiger partial charge is 0.481 e. The molecule has 0 aliphatic carbocycles. The van der Waals surface area contributed by atoms with Crippen molar-refractivity contribution in [1.29, 1.82) is 0 Å². The number of carbonyl (C=O) groups excluding carboxylic acids is 2.